The van der Waals surface area contributed by atoms with Crippen molar-refractivity contribution in [3.63, 3.8) is 0 Å². The minimum atomic E-state index is -3.57. The zero-order valence-corrected chi connectivity index (χ0v) is 28.7. The quantitative estimate of drug-likeness (QED) is 0.188. The van der Waals surface area contributed by atoms with Crippen LogP contribution in [0.3, 0.4) is 0 Å². The molecular weight excluding hydrogens is 618 g/mol. The zero-order chi connectivity index (χ0) is 31.5. The van der Waals surface area contributed by atoms with E-state index in [1.165, 1.54) is 36.4 Å². The van der Waals surface area contributed by atoms with Crippen LogP contribution < -0.4 is 0 Å². The van der Waals surface area contributed by atoms with Crippen LogP contribution in [0, 0.1) is 5.92 Å². The first-order chi connectivity index (χ1) is 21.9. The summed E-state index contributed by atoms with van der Waals surface area (Å²) in [4.78, 5) is 18.3. The highest BCUT2D eigenvalue weighted by Gasteiger charge is 2.32. The summed E-state index contributed by atoms with van der Waals surface area (Å²) >= 11 is 0. The highest BCUT2D eigenvalue weighted by atomic mass is 35.5. The minimum Gasteiger partial charge on any atom is -0.445 e. The Labute approximate surface area is 282 Å². The third-order valence-corrected chi connectivity index (χ3v) is 11.4. The van der Waals surface area contributed by atoms with Crippen LogP contribution in [0.15, 0.2) is 95.9 Å². The van der Waals surface area contributed by atoms with Crippen molar-refractivity contribution in [1.29, 1.82) is 0 Å². The number of amides is 1. The number of nitrogens with zero attached hydrogens (tertiary/aromatic N) is 3. The molecule has 7 nitrogen and oxygen atoms in total. The number of hydrogen-bond acceptors (Lipinski definition) is 5. The summed E-state index contributed by atoms with van der Waals surface area (Å²) in [7, 11) is -1.89. The maximum absolute atomic E-state index is 13.5. The lowest BCUT2D eigenvalue weighted by Crippen LogP contribution is -2.49. The Hall–Kier alpha value is -2.91. The lowest BCUT2D eigenvalue weighted by Gasteiger charge is -2.40. The van der Waals surface area contributed by atoms with E-state index in [0.717, 1.165) is 56.6 Å². The molecule has 0 aromatic heterocycles. The molecule has 0 bridgehead atoms. The van der Waals surface area contributed by atoms with E-state index in [-0.39, 0.29) is 30.5 Å². The van der Waals surface area contributed by atoms with Crippen LogP contribution in [-0.4, -0.2) is 74.4 Å². The van der Waals surface area contributed by atoms with Gasteiger partial charge in [-0.25, -0.2) is 17.5 Å². The van der Waals surface area contributed by atoms with Crippen LogP contribution in [0.1, 0.15) is 68.4 Å². The molecular formula is C37H50ClN3O4S. The topological polar surface area (TPSA) is 70.2 Å². The first-order valence-electron chi connectivity index (χ1n) is 16.7. The number of carbonyl (C=O) groups excluding carboxylic acids is 1. The lowest BCUT2D eigenvalue weighted by molar-refractivity contribution is 0.0497. The van der Waals surface area contributed by atoms with Crippen LogP contribution in [-0.2, 0) is 21.4 Å². The third kappa shape index (κ3) is 10.0. The molecule has 0 spiro atoms. The van der Waals surface area contributed by atoms with E-state index < -0.39 is 10.0 Å². The fraction of sp³-hybridized carbons (Fsp3) is 0.486. The molecule has 1 unspecified atom stereocenters. The Bertz CT molecular complexity index is 1410. The van der Waals surface area contributed by atoms with Gasteiger partial charge >= 0.3 is 6.09 Å². The Kier molecular flexibility index (Phi) is 13.9. The smallest absolute Gasteiger partial charge is 0.410 e. The summed E-state index contributed by atoms with van der Waals surface area (Å²) in [6, 6.07) is 29.0. The second-order valence-corrected chi connectivity index (χ2v) is 14.8. The minimum absolute atomic E-state index is 0. The van der Waals surface area contributed by atoms with Gasteiger partial charge in [-0.15, -0.1) is 12.4 Å². The number of benzene rings is 3. The van der Waals surface area contributed by atoms with Crippen molar-refractivity contribution in [2.75, 3.05) is 39.8 Å². The number of ether oxygens (including phenoxy) is 1. The van der Waals surface area contributed by atoms with Crippen molar-refractivity contribution < 1.29 is 17.9 Å². The lowest BCUT2D eigenvalue weighted by atomic mass is 9.88. The summed E-state index contributed by atoms with van der Waals surface area (Å²) in [6.45, 7) is 4.22. The highest BCUT2D eigenvalue weighted by molar-refractivity contribution is 7.89. The number of carbonyl (C=O) groups is 1. The molecule has 1 atom stereocenters. The fourth-order valence-corrected chi connectivity index (χ4v) is 8.12. The van der Waals surface area contributed by atoms with Gasteiger partial charge < -0.3 is 14.5 Å². The molecule has 1 aliphatic heterocycles. The van der Waals surface area contributed by atoms with E-state index in [4.69, 9.17) is 4.74 Å². The summed E-state index contributed by atoms with van der Waals surface area (Å²) in [5, 5.41) is 0. The van der Waals surface area contributed by atoms with Crippen LogP contribution in [0.5, 0.6) is 0 Å². The summed E-state index contributed by atoms with van der Waals surface area (Å²) in [5.74, 6) is 0.625. The average molecular weight is 668 g/mol. The van der Waals surface area contributed by atoms with Crippen molar-refractivity contribution in [3.05, 3.63) is 102 Å². The van der Waals surface area contributed by atoms with E-state index in [9.17, 15) is 13.2 Å². The zero-order valence-electron chi connectivity index (χ0n) is 27.1. The number of halogens is 1. The molecule has 3 aromatic carbocycles. The molecule has 1 amide bonds. The number of sulfonamides is 1. The van der Waals surface area contributed by atoms with E-state index in [2.05, 4.69) is 17.0 Å². The van der Waals surface area contributed by atoms with Gasteiger partial charge in [-0.3, -0.25) is 0 Å². The van der Waals surface area contributed by atoms with Crippen LogP contribution in [0.2, 0.25) is 0 Å². The molecule has 1 saturated heterocycles. The van der Waals surface area contributed by atoms with Crippen molar-refractivity contribution in [2.45, 2.75) is 74.8 Å². The molecule has 2 aliphatic rings. The van der Waals surface area contributed by atoms with Gasteiger partial charge in [0, 0.05) is 39.3 Å². The molecule has 1 aliphatic carbocycles. The molecule has 2 fully saturated rings. The molecule has 46 heavy (non-hydrogen) atoms. The fourth-order valence-electron chi connectivity index (χ4n) is 6.89. The van der Waals surface area contributed by atoms with Gasteiger partial charge in [0.15, 0.2) is 0 Å². The van der Waals surface area contributed by atoms with Crippen molar-refractivity contribution in [1.82, 2.24) is 14.1 Å². The molecule has 5 rings (SSSR count). The van der Waals surface area contributed by atoms with Crippen LogP contribution >= 0.6 is 12.4 Å². The number of piperidine rings is 1. The normalized spacial score (nSPS) is 17.3. The molecule has 0 radical (unpaired) electrons. The van der Waals surface area contributed by atoms with Gasteiger partial charge in [-0.2, -0.15) is 0 Å². The predicted octanol–water partition coefficient (Wildman–Crippen LogP) is 7.59. The maximum Gasteiger partial charge on any atom is 0.410 e. The molecule has 250 valence electrons. The van der Waals surface area contributed by atoms with Gasteiger partial charge in [-0.05, 0) is 73.7 Å². The van der Waals surface area contributed by atoms with Gasteiger partial charge in [0.2, 0.25) is 10.0 Å². The SMILES string of the molecule is CN(CC(CCN1CCC(N(CC2CCCCC2)C(=O)OCc2ccccc2)CC1)c1ccccc1)S(=O)(=O)c1ccccc1.Cl. The summed E-state index contributed by atoms with van der Waals surface area (Å²) < 4.78 is 34.0. The Balaban J connectivity index is 0.00000480. The van der Waals surface area contributed by atoms with Crippen molar-refractivity contribution >= 4 is 28.5 Å². The van der Waals surface area contributed by atoms with E-state index in [1.807, 2.05) is 59.5 Å². The van der Waals surface area contributed by atoms with E-state index in [0.29, 0.717) is 24.0 Å². The predicted molar refractivity (Wildman–Crippen MR) is 187 cm³/mol. The van der Waals surface area contributed by atoms with Gasteiger partial charge in [0.25, 0.3) is 0 Å². The number of rotatable bonds is 13. The van der Waals surface area contributed by atoms with Crippen molar-refractivity contribution in [2.24, 2.45) is 5.92 Å². The van der Waals surface area contributed by atoms with Gasteiger partial charge in [0.1, 0.15) is 6.61 Å². The van der Waals surface area contributed by atoms with E-state index >= 15 is 0 Å². The summed E-state index contributed by atoms with van der Waals surface area (Å²) in [6.07, 6.45) is 8.69. The Morgan fingerprint density at radius 2 is 1.43 bits per heavy atom. The Morgan fingerprint density at radius 3 is 2.07 bits per heavy atom. The molecule has 1 heterocycles. The van der Waals surface area contributed by atoms with Crippen molar-refractivity contribution in [3.8, 4) is 0 Å². The standard InChI is InChI=1S/C37H49N3O4S.ClH/c1-38(45(42,43)36-20-12-5-13-21-36)29-34(33-18-10-4-11-19-33)22-25-39-26-23-35(24-27-39)40(28-31-14-6-2-7-15-31)37(41)44-30-32-16-8-3-9-17-32;/h3-5,8-13,16-21,31,34-35H,2,6-7,14-15,22-30H2,1H3;1H. The second-order valence-electron chi connectivity index (χ2n) is 12.8. The maximum atomic E-state index is 13.5. The molecule has 1 saturated carbocycles. The second kappa shape index (κ2) is 17.9. The van der Waals surface area contributed by atoms with Crippen LogP contribution in [0.4, 0.5) is 4.79 Å². The highest BCUT2D eigenvalue weighted by Crippen LogP contribution is 2.29. The molecule has 3 aromatic rings. The number of likely N-dealkylation sites (tertiary alicyclic amines) is 1. The Morgan fingerprint density at radius 1 is 0.848 bits per heavy atom. The molecule has 9 heteroatoms. The van der Waals surface area contributed by atoms with Gasteiger partial charge in [0.05, 0.1) is 4.90 Å². The largest absolute Gasteiger partial charge is 0.445 e. The van der Waals surface area contributed by atoms with Crippen LogP contribution in [0.25, 0.3) is 0 Å². The molecule has 0 N–H and O–H groups in total. The number of likely N-dealkylation sites (N-methyl/N-ethyl adjacent to an activating group) is 1. The first kappa shape index (κ1) is 35.9. The number of hydrogen-bond donors (Lipinski definition) is 0. The third-order valence-electron chi connectivity index (χ3n) is 9.61. The summed E-state index contributed by atoms with van der Waals surface area (Å²) in [5.41, 5.74) is 2.16. The van der Waals surface area contributed by atoms with Gasteiger partial charge in [-0.1, -0.05) is 98.1 Å². The van der Waals surface area contributed by atoms with E-state index in [1.54, 1.807) is 31.3 Å². The average Bonchev–Trinajstić information content (AvgIpc) is 3.10. The monoisotopic (exact) mass is 667 g/mol. The first-order valence-corrected chi connectivity index (χ1v) is 18.1.